The number of amides is 1. The van der Waals surface area contributed by atoms with Crippen LogP contribution in [0, 0.1) is 17.0 Å². The van der Waals surface area contributed by atoms with Crippen molar-refractivity contribution in [3.8, 4) is 5.75 Å². The van der Waals surface area contributed by atoms with Crippen LogP contribution in [0.1, 0.15) is 17.5 Å². The molecule has 1 amide bonds. The predicted octanol–water partition coefficient (Wildman–Crippen LogP) is 3.68. The van der Waals surface area contributed by atoms with E-state index in [1.165, 1.54) is 6.07 Å². The smallest absolute Gasteiger partial charge is 0.310 e. The number of hydrogen-bond donors (Lipinski definition) is 1. The summed E-state index contributed by atoms with van der Waals surface area (Å²) in [4.78, 5) is 22.3. The molecule has 0 aliphatic carbocycles. The molecule has 0 radical (unpaired) electrons. The van der Waals surface area contributed by atoms with Gasteiger partial charge >= 0.3 is 5.69 Å². The molecule has 25 heavy (non-hydrogen) atoms. The lowest BCUT2D eigenvalue weighted by Crippen LogP contribution is -2.27. The van der Waals surface area contributed by atoms with Crippen LogP contribution in [0.4, 0.5) is 5.69 Å². The molecular weight excluding hydrogens is 344 g/mol. The normalized spacial score (nSPS) is 10.3. The molecule has 0 aromatic heterocycles. The fraction of sp³-hybridized carbons (Fsp3) is 0.278. The van der Waals surface area contributed by atoms with Crippen molar-refractivity contribution in [3.05, 3.63) is 68.7 Å². The number of nitro groups is 1. The van der Waals surface area contributed by atoms with Crippen LogP contribution in [-0.2, 0) is 11.2 Å². The third-order valence-electron chi connectivity index (χ3n) is 3.55. The Hall–Kier alpha value is -2.60. The van der Waals surface area contributed by atoms with Crippen LogP contribution in [-0.4, -0.2) is 24.0 Å². The summed E-state index contributed by atoms with van der Waals surface area (Å²) >= 11 is 5.82. The Bertz CT molecular complexity index is 747. The third-order valence-corrected chi connectivity index (χ3v) is 3.80. The summed E-state index contributed by atoms with van der Waals surface area (Å²) in [5.74, 6) is 0.0169. The molecular formula is C18H19ClN2O4. The third kappa shape index (κ3) is 6.08. The van der Waals surface area contributed by atoms with Crippen molar-refractivity contribution < 1.29 is 14.5 Å². The fourth-order valence-electron chi connectivity index (χ4n) is 2.23. The van der Waals surface area contributed by atoms with Gasteiger partial charge in [0.1, 0.15) is 0 Å². The number of rotatable bonds is 8. The lowest BCUT2D eigenvalue weighted by atomic mass is 10.1. The van der Waals surface area contributed by atoms with Crippen LogP contribution < -0.4 is 10.1 Å². The van der Waals surface area contributed by atoms with Crippen molar-refractivity contribution in [2.75, 3.05) is 13.2 Å². The molecule has 1 N–H and O–H groups in total. The van der Waals surface area contributed by atoms with Crippen molar-refractivity contribution in [3.63, 3.8) is 0 Å². The van der Waals surface area contributed by atoms with Crippen molar-refractivity contribution in [1.82, 2.24) is 5.32 Å². The number of carbonyl (C=O) groups excluding carboxylic acids is 1. The Balaban J connectivity index is 1.74. The molecule has 7 heteroatoms. The van der Waals surface area contributed by atoms with Crippen LogP contribution >= 0.6 is 11.6 Å². The molecule has 2 aromatic rings. The summed E-state index contributed by atoms with van der Waals surface area (Å²) < 4.78 is 5.41. The average Bonchev–Trinajstić information content (AvgIpc) is 2.56. The van der Waals surface area contributed by atoms with E-state index in [4.69, 9.17) is 16.3 Å². The minimum Gasteiger partial charge on any atom is -0.486 e. The van der Waals surface area contributed by atoms with E-state index in [1.54, 1.807) is 24.3 Å². The lowest BCUT2D eigenvalue weighted by Gasteiger charge is -2.08. The zero-order valence-corrected chi connectivity index (χ0v) is 14.6. The van der Waals surface area contributed by atoms with Gasteiger partial charge < -0.3 is 10.1 Å². The molecule has 0 heterocycles. The number of aryl methyl sites for hydroxylation is 1. The maximum atomic E-state index is 11.8. The number of hydrogen-bond acceptors (Lipinski definition) is 4. The van der Waals surface area contributed by atoms with Crippen molar-refractivity contribution >= 4 is 23.2 Å². The molecule has 6 nitrogen and oxygen atoms in total. The van der Waals surface area contributed by atoms with Crippen LogP contribution in [0.2, 0.25) is 5.02 Å². The average molecular weight is 363 g/mol. The molecule has 0 atom stereocenters. The summed E-state index contributed by atoms with van der Waals surface area (Å²) in [7, 11) is 0. The first-order valence-electron chi connectivity index (χ1n) is 7.84. The molecule has 0 saturated heterocycles. The maximum absolute atomic E-state index is 11.8. The highest BCUT2D eigenvalue weighted by molar-refractivity contribution is 6.30. The summed E-state index contributed by atoms with van der Waals surface area (Å²) in [6.45, 7) is 2.40. The second kappa shape index (κ2) is 9.03. The van der Waals surface area contributed by atoms with Gasteiger partial charge in [-0.1, -0.05) is 29.8 Å². The lowest BCUT2D eigenvalue weighted by molar-refractivity contribution is -0.385. The Morgan fingerprint density at radius 1 is 1.24 bits per heavy atom. The monoisotopic (exact) mass is 362 g/mol. The molecule has 0 aliphatic heterocycles. The minimum absolute atomic E-state index is 0.0804. The number of nitrogens with one attached hydrogen (secondary N) is 1. The van der Waals surface area contributed by atoms with Gasteiger partial charge in [0, 0.05) is 17.6 Å². The summed E-state index contributed by atoms with van der Waals surface area (Å²) in [5.41, 5.74) is 1.83. The van der Waals surface area contributed by atoms with Gasteiger partial charge in [-0.15, -0.1) is 0 Å². The second-order valence-corrected chi connectivity index (χ2v) is 5.99. The van der Waals surface area contributed by atoms with Gasteiger partial charge in [-0.25, -0.2) is 0 Å². The maximum Gasteiger partial charge on any atom is 0.310 e. The Labute approximate surface area is 150 Å². The van der Waals surface area contributed by atoms with Crippen molar-refractivity contribution in [2.45, 2.75) is 19.8 Å². The quantitative estimate of drug-likeness (QED) is 0.573. The molecule has 0 bridgehead atoms. The van der Waals surface area contributed by atoms with E-state index in [2.05, 4.69) is 5.32 Å². The van der Waals surface area contributed by atoms with Gasteiger partial charge in [0.25, 0.3) is 0 Å². The van der Waals surface area contributed by atoms with Gasteiger partial charge in [0.05, 0.1) is 18.0 Å². The molecule has 2 rings (SSSR count). The number of carbonyl (C=O) groups is 1. The molecule has 0 unspecified atom stereocenters. The SMILES string of the molecule is Cc1ccc([N+](=O)[O-])c(OCCC(=O)NCCc2ccc(Cl)cc2)c1. The van der Waals surface area contributed by atoms with E-state index in [9.17, 15) is 14.9 Å². The van der Waals surface area contributed by atoms with Gasteiger partial charge in [0.15, 0.2) is 5.75 Å². The first-order chi connectivity index (χ1) is 12.0. The Kier molecular flexibility index (Phi) is 6.77. The summed E-state index contributed by atoms with van der Waals surface area (Å²) in [6.07, 6.45) is 0.832. The van der Waals surface area contributed by atoms with E-state index >= 15 is 0 Å². The number of nitrogens with zero attached hydrogens (tertiary/aromatic N) is 1. The van der Waals surface area contributed by atoms with Gasteiger partial charge in [0.2, 0.25) is 5.91 Å². The Morgan fingerprint density at radius 3 is 2.64 bits per heavy atom. The highest BCUT2D eigenvalue weighted by Gasteiger charge is 2.15. The number of ether oxygens (including phenoxy) is 1. The van der Waals surface area contributed by atoms with Gasteiger partial charge in [-0.05, 0) is 42.7 Å². The topological polar surface area (TPSA) is 81.5 Å². The van der Waals surface area contributed by atoms with E-state index in [-0.39, 0.29) is 30.4 Å². The van der Waals surface area contributed by atoms with Crippen LogP contribution in [0.3, 0.4) is 0 Å². The van der Waals surface area contributed by atoms with Crippen molar-refractivity contribution in [1.29, 1.82) is 0 Å². The molecule has 0 spiro atoms. The van der Waals surface area contributed by atoms with Crippen LogP contribution in [0.5, 0.6) is 5.75 Å². The second-order valence-electron chi connectivity index (χ2n) is 5.55. The first-order valence-corrected chi connectivity index (χ1v) is 8.22. The van der Waals surface area contributed by atoms with Gasteiger partial charge in [-0.2, -0.15) is 0 Å². The minimum atomic E-state index is -0.499. The first kappa shape index (κ1) is 18.7. The molecule has 0 fully saturated rings. The molecule has 0 saturated carbocycles. The zero-order valence-electron chi connectivity index (χ0n) is 13.8. The standard InChI is InChI=1S/C18H19ClN2O4/c1-13-2-7-16(21(23)24)17(12-13)25-11-9-18(22)20-10-8-14-3-5-15(19)6-4-14/h2-7,12H,8-11H2,1H3,(H,20,22). The Morgan fingerprint density at radius 2 is 1.96 bits per heavy atom. The summed E-state index contributed by atoms with van der Waals surface area (Å²) in [6, 6.07) is 12.1. The van der Waals surface area contributed by atoms with E-state index in [1.807, 2.05) is 19.1 Å². The largest absolute Gasteiger partial charge is 0.486 e. The molecule has 2 aromatic carbocycles. The van der Waals surface area contributed by atoms with Gasteiger partial charge in [-0.3, -0.25) is 14.9 Å². The van der Waals surface area contributed by atoms with E-state index in [0.717, 1.165) is 11.1 Å². The summed E-state index contributed by atoms with van der Waals surface area (Å²) in [5, 5.41) is 14.4. The molecule has 132 valence electrons. The van der Waals surface area contributed by atoms with E-state index in [0.29, 0.717) is 18.0 Å². The van der Waals surface area contributed by atoms with Crippen molar-refractivity contribution in [2.24, 2.45) is 0 Å². The highest BCUT2D eigenvalue weighted by atomic mass is 35.5. The number of nitro benzene ring substituents is 1. The van der Waals surface area contributed by atoms with E-state index < -0.39 is 4.92 Å². The molecule has 0 aliphatic rings. The number of benzene rings is 2. The van der Waals surface area contributed by atoms with Crippen LogP contribution in [0.25, 0.3) is 0 Å². The van der Waals surface area contributed by atoms with Crippen LogP contribution in [0.15, 0.2) is 42.5 Å². The zero-order chi connectivity index (χ0) is 18.2. The highest BCUT2D eigenvalue weighted by Crippen LogP contribution is 2.27. The predicted molar refractivity (Wildman–Crippen MR) is 96.1 cm³/mol. The number of halogens is 1. The fourth-order valence-corrected chi connectivity index (χ4v) is 2.35.